The van der Waals surface area contributed by atoms with E-state index in [1.165, 1.54) is 0 Å². The first-order valence-corrected chi connectivity index (χ1v) is 8.46. The van der Waals surface area contributed by atoms with Gasteiger partial charge in [0.05, 0.1) is 12.7 Å². The predicted molar refractivity (Wildman–Crippen MR) is 89.2 cm³/mol. The standard InChI is InChI=1S/C18H24O8/c1-3-4-10-24-13-12(19)14(17(21)23-2)25-18(22)15(13)26-16(20)11-8-6-5-7-9-11/h5-9,12-15,18-19,22H,3-4,10H2,1-2H3/t12-,13?,14?,15-,18+/m0/s1. The molecule has 1 saturated heterocycles. The van der Waals surface area contributed by atoms with Crippen LogP contribution in [-0.2, 0) is 23.7 Å². The average Bonchev–Trinajstić information content (AvgIpc) is 2.66. The summed E-state index contributed by atoms with van der Waals surface area (Å²) in [6, 6.07) is 8.19. The minimum atomic E-state index is -1.65. The Labute approximate surface area is 151 Å². The van der Waals surface area contributed by atoms with Gasteiger partial charge in [0.1, 0.15) is 12.2 Å². The number of hydrogen-bond acceptors (Lipinski definition) is 8. The SMILES string of the molecule is CCCCOC1[C@H](O)C(C(=O)OC)O[C@@H](O)[C@H]1OC(=O)c1ccccc1. The lowest BCUT2D eigenvalue weighted by Gasteiger charge is -2.40. The van der Waals surface area contributed by atoms with Crippen LogP contribution in [0.5, 0.6) is 0 Å². The number of aliphatic hydroxyl groups excluding tert-OH is 2. The summed E-state index contributed by atoms with van der Waals surface area (Å²) in [4.78, 5) is 24.1. The van der Waals surface area contributed by atoms with Crippen molar-refractivity contribution >= 4 is 11.9 Å². The summed E-state index contributed by atoms with van der Waals surface area (Å²) in [5, 5.41) is 20.7. The molecule has 2 unspecified atom stereocenters. The summed E-state index contributed by atoms with van der Waals surface area (Å²) < 4.78 is 20.6. The Morgan fingerprint density at radius 1 is 1.15 bits per heavy atom. The molecule has 0 aliphatic carbocycles. The van der Waals surface area contributed by atoms with Gasteiger partial charge in [0.15, 0.2) is 18.5 Å². The molecule has 2 rings (SSSR count). The number of benzene rings is 1. The molecule has 1 aromatic rings. The van der Waals surface area contributed by atoms with Crippen LogP contribution in [0.3, 0.4) is 0 Å². The van der Waals surface area contributed by atoms with Crippen LogP contribution in [0.25, 0.3) is 0 Å². The molecule has 1 heterocycles. The summed E-state index contributed by atoms with van der Waals surface area (Å²) in [7, 11) is 1.14. The van der Waals surface area contributed by atoms with E-state index in [-0.39, 0.29) is 12.2 Å². The Balaban J connectivity index is 2.17. The quantitative estimate of drug-likeness (QED) is 0.533. The van der Waals surface area contributed by atoms with Gasteiger partial charge in [0.2, 0.25) is 0 Å². The fourth-order valence-electron chi connectivity index (χ4n) is 2.60. The van der Waals surface area contributed by atoms with E-state index in [0.717, 1.165) is 13.5 Å². The minimum absolute atomic E-state index is 0.262. The monoisotopic (exact) mass is 368 g/mol. The second-order valence-corrected chi connectivity index (χ2v) is 5.89. The van der Waals surface area contributed by atoms with Crippen LogP contribution in [-0.4, -0.2) is 66.6 Å². The van der Waals surface area contributed by atoms with Gasteiger partial charge in [-0.15, -0.1) is 0 Å². The first kappa shape index (κ1) is 20.3. The fourth-order valence-corrected chi connectivity index (χ4v) is 2.60. The molecule has 0 radical (unpaired) electrons. The maximum absolute atomic E-state index is 12.3. The highest BCUT2D eigenvalue weighted by Gasteiger charge is 2.50. The number of carbonyl (C=O) groups excluding carboxylic acids is 2. The molecule has 0 spiro atoms. The molecule has 0 bridgehead atoms. The zero-order valence-corrected chi connectivity index (χ0v) is 14.7. The van der Waals surface area contributed by atoms with Crippen molar-refractivity contribution in [1.82, 2.24) is 0 Å². The summed E-state index contributed by atoms with van der Waals surface area (Å²) >= 11 is 0. The number of aliphatic hydroxyl groups is 2. The van der Waals surface area contributed by atoms with Crippen molar-refractivity contribution in [1.29, 1.82) is 0 Å². The van der Waals surface area contributed by atoms with Crippen LogP contribution in [0.4, 0.5) is 0 Å². The number of carbonyl (C=O) groups is 2. The van der Waals surface area contributed by atoms with Crippen molar-refractivity contribution < 1.29 is 38.7 Å². The lowest BCUT2D eigenvalue weighted by Crippen LogP contribution is -2.62. The van der Waals surface area contributed by atoms with Crippen LogP contribution >= 0.6 is 0 Å². The molecule has 8 nitrogen and oxygen atoms in total. The maximum atomic E-state index is 12.3. The van der Waals surface area contributed by atoms with E-state index in [2.05, 4.69) is 4.74 Å². The molecule has 0 saturated carbocycles. The summed E-state index contributed by atoms with van der Waals surface area (Å²) in [5.74, 6) is -1.56. The summed E-state index contributed by atoms with van der Waals surface area (Å²) in [6.07, 6.45) is -5.44. The van der Waals surface area contributed by atoms with Gasteiger partial charge in [-0.2, -0.15) is 0 Å². The van der Waals surface area contributed by atoms with E-state index in [1.807, 2.05) is 6.92 Å². The Hall–Kier alpha value is -2.00. The van der Waals surface area contributed by atoms with Gasteiger partial charge in [-0.25, -0.2) is 9.59 Å². The van der Waals surface area contributed by atoms with Crippen molar-refractivity contribution in [2.24, 2.45) is 0 Å². The summed E-state index contributed by atoms with van der Waals surface area (Å²) in [6.45, 7) is 2.22. The van der Waals surface area contributed by atoms with Crippen LogP contribution in [0, 0.1) is 0 Å². The molecule has 1 aliphatic heterocycles. The van der Waals surface area contributed by atoms with Crippen molar-refractivity contribution in [2.45, 2.75) is 50.5 Å². The zero-order chi connectivity index (χ0) is 19.1. The van der Waals surface area contributed by atoms with Crippen molar-refractivity contribution in [3.05, 3.63) is 35.9 Å². The van der Waals surface area contributed by atoms with Gasteiger partial charge < -0.3 is 29.2 Å². The van der Waals surface area contributed by atoms with E-state index >= 15 is 0 Å². The zero-order valence-electron chi connectivity index (χ0n) is 14.7. The molecule has 0 aromatic heterocycles. The smallest absolute Gasteiger partial charge is 0.338 e. The van der Waals surface area contributed by atoms with Gasteiger partial charge in [0.25, 0.3) is 0 Å². The Morgan fingerprint density at radius 2 is 1.85 bits per heavy atom. The van der Waals surface area contributed by atoms with Gasteiger partial charge in [-0.05, 0) is 18.6 Å². The molecular formula is C18H24O8. The lowest BCUT2D eigenvalue weighted by atomic mass is 9.98. The first-order valence-electron chi connectivity index (χ1n) is 8.46. The molecule has 1 aliphatic rings. The largest absolute Gasteiger partial charge is 0.467 e. The molecule has 2 N–H and O–H groups in total. The van der Waals surface area contributed by atoms with E-state index in [0.29, 0.717) is 6.42 Å². The average molecular weight is 368 g/mol. The number of esters is 2. The van der Waals surface area contributed by atoms with Crippen LogP contribution in [0.15, 0.2) is 30.3 Å². The van der Waals surface area contributed by atoms with Crippen LogP contribution < -0.4 is 0 Å². The van der Waals surface area contributed by atoms with Crippen LogP contribution in [0.1, 0.15) is 30.1 Å². The van der Waals surface area contributed by atoms with Crippen molar-refractivity contribution in [3.63, 3.8) is 0 Å². The number of hydrogen-bond donors (Lipinski definition) is 2. The minimum Gasteiger partial charge on any atom is -0.467 e. The topological polar surface area (TPSA) is 112 Å². The molecule has 5 atom stereocenters. The molecule has 8 heteroatoms. The molecule has 1 aromatic carbocycles. The van der Waals surface area contributed by atoms with Crippen molar-refractivity contribution in [3.8, 4) is 0 Å². The third-order valence-electron chi connectivity index (χ3n) is 4.03. The van der Waals surface area contributed by atoms with Gasteiger partial charge in [0, 0.05) is 6.61 Å². The third-order valence-corrected chi connectivity index (χ3v) is 4.03. The normalized spacial score (nSPS) is 28.4. The van der Waals surface area contributed by atoms with E-state index in [9.17, 15) is 19.8 Å². The van der Waals surface area contributed by atoms with E-state index < -0.39 is 42.6 Å². The predicted octanol–water partition coefficient (Wildman–Crippen LogP) is 0.648. The number of rotatable bonds is 7. The highest BCUT2D eigenvalue weighted by molar-refractivity contribution is 5.89. The molecule has 144 valence electrons. The molecular weight excluding hydrogens is 344 g/mol. The third kappa shape index (κ3) is 4.79. The van der Waals surface area contributed by atoms with Gasteiger partial charge in [-0.3, -0.25) is 0 Å². The van der Waals surface area contributed by atoms with Crippen LogP contribution in [0.2, 0.25) is 0 Å². The number of methoxy groups -OCH3 is 1. The number of ether oxygens (including phenoxy) is 4. The Kier molecular flexibility index (Phi) is 7.52. The van der Waals surface area contributed by atoms with Gasteiger partial charge >= 0.3 is 11.9 Å². The lowest BCUT2D eigenvalue weighted by molar-refractivity contribution is -0.287. The Morgan fingerprint density at radius 3 is 2.46 bits per heavy atom. The Bertz CT molecular complexity index is 590. The van der Waals surface area contributed by atoms with Crippen molar-refractivity contribution in [2.75, 3.05) is 13.7 Å². The second kappa shape index (κ2) is 9.63. The maximum Gasteiger partial charge on any atom is 0.338 e. The highest BCUT2D eigenvalue weighted by Crippen LogP contribution is 2.26. The van der Waals surface area contributed by atoms with Gasteiger partial charge in [-0.1, -0.05) is 31.5 Å². The second-order valence-electron chi connectivity index (χ2n) is 5.89. The molecule has 1 fully saturated rings. The van der Waals surface area contributed by atoms with E-state index in [1.54, 1.807) is 30.3 Å². The first-order chi connectivity index (χ1) is 12.5. The number of unbranched alkanes of at least 4 members (excludes halogenated alkanes) is 1. The fraction of sp³-hybridized carbons (Fsp3) is 0.556. The summed E-state index contributed by atoms with van der Waals surface area (Å²) in [5.41, 5.74) is 0.275. The van der Waals surface area contributed by atoms with E-state index in [4.69, 9.17) is 14.2 Å². The molecule has 0 amide bonds. The molecule has 26 heavy (non-hydrogen) atoms. The highest BCUT2D eigenvalue weighted by atomic mass is 16.7.